The molecule has 0 radical (unpaired) electrons. The molecule has 0 aromatic carbocycles. The second-order valence-corrected chi connectivity index (χ2v) is 6.88. The molecule has 0 aromatic heterocycles. The lowest BCUT2D eigenvalue weighted by molar-refractivity contribution is -0.137. The SMILES string of the molecule is O=C(O)CCCCNS(=O)(=O)CC1CCCCC1. The fourth-order valence-electron chi connectivity index (χ4n) is 2.35. The van der Waals surface area contributed by atoms with Crippen molar-refractivity contribution < 1.29 is 18.3 Å². The van der Waals surface area contributed by atoms with Crippen LogP contribution in [0.15, 0.2) is 0 Å². The van der Waals surface area contributed by atoms with Crippen molar-refractivity contribution in [2.24, 2.45) is 5.92 Å². The van der Waals surface area contributed by atoms with E-state index in [2.05, 4.69) is 4.72 Å². The van der Waals surface area contributed by atoms with Crippen LogP contribution in [0.5, 0.6) is 0 Å². The topological polar surface area (TPSA) is 83.5 Å². The van der Waals surface area contributed by atoms with Gasteiger partial charge in [0.15, 0.2) is 0 Å². The summed E-state index contributed by atoms with van der Waals surface area (Å²) in [6.45, 7) is 0.350. The average molecular weight is 277 g/mol. The molecule has 0 atom stereocenters. The molecule has 0 bridgehead atoms. The lowest BCUT2D eigenvalue weighted by atomic mass is 9.91. The summed E-state index contributed by atoms with van der Waals surface area (Å²) in [6.07, 6.45) is 6.72. The Kier molecular flexibility index (Phi) is 6.63. The number of rotatable bonds is 8. The molecule has 0 aliphatic heterocycles. The number of aliphatic carboxylic acids is 1. The maximum absolute atomic E-state index is 11.8. The van der Waals surface area contributed by atoms with Gasteiger partial charge < -0.3 is 5.11 Å². The molecule has 0 heterocycles. The number of hydrogen-bond acceptors (Lipinski definition) is 3. The van der Waals surface area contributed by atoms with Crippen molar-refractivity contribution in [2.75, 3.05) is 12.3 Å². The van der Waals surface area contributed by atoms with Crippen LogP contribution in [0.3, 0.4) is 0 Å². The maximum Gasteiger partial charge on any atom is 0.303 e. The highest BCUT2D eigenvalue weighted by Crippen LogP contribution is 2.24. The van der Waals surface area contributed by atoms with Crippen LogP contribution in [0.1, 0.15) is 51.4 Å². The molecule has 5 nitrogen and oxygen atoms in total. The van der Waals surface area contributed by atoms with Gasteiger partial charge in [-0.3, -0.25) is 4.79 Å². The summed E-state index contributed by atoms with van der Waals surface area (Å²) in [7, 11) is -3.18. The van der Waals surface area contributed by atoms with E-state index >= 15 is 0 Å². The first-order chi connectivity index (χ1) is 8.49. The second kappa shape index (κ2) is 7.74. The fraction of sp³-hybridized carbons (Fsp3) is 0.917. The van der Waals surface area contributed by atoms with Crippen LogP contribution in [0.25, 0.3) is 0 Å². The summed E-state index contributed by atoms with van der Waals surface area (Å²) in [5, 5.41) is 8.45. The normalized spacial score (nSPS) is 17.8. The van der Waals surface area contributed by atoms with Crippen molar-refractivity contribution in [1.29, 1.82) is 0 Å². The summed E-state index contributed by atoms with van der Waals surface area (Å²) >= 11 is 0. The molecule has 18 heavy (non-hydrogen) atoms. The molecule has 1 aliphatic rings. The molecule has 0 unspecified atom stereocenters. The number of nitrogens with one attached hydrogen (secondary N) is 1. The van der Waals surface area contributed by atoms with Gasteiger partial charge in [0.1, 0.15) is 0 Å². The van der Waals surface area contributed by atoms with Crippen LogP contribution in [0.4, 0.5) is 0 Å². The van der Waals surface area contributed by atoms with Crippen LogP contribution in [-0.4, -0.2) is 31.8 Å². The maximum atomic E-state index is 11.8. The van der Waals surface area contributed by atoms with Gasteiger partial charge in [-0.1, -0.05) is 19.3 Å². The van der Waals surface area contributed by atoms with Gasteiger partial charge >= 0.3 is 5.97 Å². The third-order valence-corrected chi connectivity index (χ3v) is 4.87. The summed E-state index contributed by atoms with van der Waals surface area (Å²) in [4.78, 5) is 10.3. The van der Waals surface area contributed by atoms with Crippen molar-refractivity contribution in [3.63, 3.8) is 0 Å². The van der Waals surface area contributed by atoms with E-state index < -0.39 is 16.0 Å². The van der Waals surface area contributed by atoms with Crippen molar-refractivity contribution in [2.45, 2.75) is 51.4 Å². The molecule has 0 spiro atoms. The van der Waals surface area contributed by atoms with E-state index in [0.717, 1.165) is 25.7 Å². The van der Waals surface area contributed by atoms with Gasteiger partial charge in [0.25, 0.3) is 0 Å². The molecule has 0 aromatic rings. The number of unbranched alkanes of at least 4 members (excludes halogenated alkanes) is 1. The molecule has 0 amide bonds. The summed E-state index contributed by atoms with van der Waals surface area (Å²) < 4.78 is 26.1. The Bertz CT molecular complexity index is 347. The average Bonchev–Trinajstić information content (AvgIpc) is 2.28. The highest BCUT2D eigenvalue weighted by molar-refractivity contribution is 7.89. The van der Waals surface area contributed by atoms with Crippen LogP contribution < -0.4 is 4.72 Å². The zero-order chi connectivity index (χ0) is 13.4. The Morgan fingerprint density at radius 1 is 1.17 bits per heavy atom. The van der Waals surface area contributed by atoms with Gasteiger partial charge in [0.05, 0.1) is 5.75 Å². The molecule has 0 saturated heterocycles. The number of hydrogen-bond donors (Lipinski definition) is 2. The quantitative estimate of drug-likeness (QED) is 0.662. The minimum Gasteiger partial charge on any atom is -0.481 e. The molecule has 2 N–H and O–H groups in total. The molecule has 106 valence electrons. The van der Waals surface area contributed by atoms with Crippen molar-refractivity contribution >= 4 is 16.0 Å². The minimum atomic E-state index is -3.18. The van der Waals surface area contributed by atoms with Gasteiger partial charge in [-0.2, -0.15) is 0 Å². The van der Waals surface area contributed by atoms with Crippen molar-refractivity contribution in [3.8, 4) is 0 Å². The summed E-state index contributed by atoms with van der Waals surface area (Å²) in [6, 6.07) is 0. The number of carbonyl (C=O) groups is 1. The first kappa shape index (κ1) is 15.4. The Morgan fingerprint density at radius 2 is 1.83 bits per heavy atom. The second-order valence-electron chi connectivity index (χ2n) is 5.03. The van der Waals surface area contributed by atoms with E-state index in [1.54, 1.807) is 0 Å². The monoisotopic (exact) mass is 277 g/mol. The van der Waals surface area contributed by atoms with E-state index in [4.69, 9.17) is 5.11 Å². The van der Waals surface area contributed by atoms with Gasteiger partial charge in [-0.15, -0.1) is 0 Å². The standard InChI is InChI=1S/C12H23NO4S/c14-12(15)8-4-5-9-13-18(16,17)10-11-6-2-1-3-7-11/h11,13H,1-10H2,(H,14,15). The van der Waals surface area contributed by atoms with E-state index in [1.807, 2.05) is 0 Å². The Hall–Kier alpha value is -0.620. The zero-order valence-corrected chi connectivity index (χ0v) is 11.5. The van der Waals surface area contributed by atoms with Gasteiger partial charge in [-0.05, 0) is 31.6 Å². The van der Waals surface area contributed by atoms with Crippen molar-refractivity contribution in [1.82, 2.24) is 4.72 Å². The van der Waals surface area contributed by atoms with E-state index in [1.165, 1.54) is 6.42 Å². The van der Waals surface area contributed by atoms with E-state index in [0.29, 0.717) is 25.3 Å². The first-order valence-corrected chi connectivity index (χ1v) is 8.34. The Morgan fingerprint density at radius 3 is 2.44 bits per heavy atom. The largest absolute Gasteiger partial charge is 0.481 e. The lowest BCUT2D eigenvalue weighted by Gasteiger charge is -2.21. The van der Waals surface area contributed by atoms with E-state index in [9.17, 15) is 13.2 Å². The predicted octanol–water partition coefficient (Wildman–Crippen LogP) is 1.74. The molecule has 6 heteroatoms. The third-order valence-electron chi connectivity index (χ3n) is 3.32. The molecular weight excluding hydrogens is 254 g/mol. The fourth-order valence-corrected chi connectivity index (χ4v) is 3.88. The molecule has 1 rings (SSSR count). The number of sulfonamides is 1. The van der Waals surface area contributed by atoms with Gasteiger partial charge in [-0.25, -0.2) is 13.1 Å². The van der Waals surface area contributed by atoms with E-state index in [-0.39, 0.29) is 12.2 Å². The zero-order valence-electron chi connectivity index (χ0n) is 10.7. The van der Waals surface area contributed by atoms with Crippen LogP contribution in [-0.2, 0) is 14.8 Å². The van der Waals surface area contributed by atoms with Crippen molar-refractivity contribution in [3.05, 3.63) is 0 Å². The number of carboxylic acids is 1. The Balaban J connectivity index is 2.16. The van der Waals surface area contributed by atoms with Crippen LogP contribution in [0, 0.1) is 5.92 Å². The summed E-state index contributed by atoms with van der Waals surface area (Å²) in [5.74, 6) is -0.304. The molecule has 1 fully saturated rings. The Labute approximate surface area is 109 Å². The molecule has 1 saturated carbocycles. The highest BCUT2D eigenvalue weighted by atomic mass is 32.2. The third kappa shape index (κ3) is 6.96. The lowest BCUT2D eigenvalue weighted by Crippen LogP contribution is -2.31. The predicted molar refractivity (Wildman–Crippen MR) is 69.9 cm³/mol. The molecule has 1 aliphatic carbocycles. The van der Waals surface area contributed by atoms with Gasteiger partial charge in [0, 0.05) is 13.0 Å². The highest BCUT2D eigenvalue weighted by Gasteiger charge is 2.20. The number of carboxylic acid groups (broad SMARTS) is 1. The first-order valence-electron chi connectivity index (χ1n) is 6.69. The smallest absolute Gasteiger partial charge is 0.303 e. The van der Waals surface area contributed by atoms with Crippen LogP contribution in [0.2, 0.25) is 0 Å². The van der Waals surface area contributed by atoms with Gasteiger partial charge in [0.2, 0.25) is 10.0 Å². The summed E-state index contributed by atoms with van der Waals surface area (Å²) in [5.41, 5.74) is 0. The molecular formula is C12H23NO4S. The van der Waals surface area contributed by atoms with Crippen LogP contribution >= 0.6 is 0 Å². The minimum absolute atomic E-state index is 0.102.